The van der Waals surface area contributed by atoms with Crippen molar-refractivity contribution >= 4 is 46.3 Å². The SMILES string of the molecule is CCOc1cc(/C=N/NC(=O)c2ccc(I)c(OC)c2)ccc1OCC(=O)Nc1ccc(C)cc1. The van der Waals surface area contributed by atoms with E-state index >= 15 is 0 Å². The molecule has 182 valence electrons. The van der Waals surface area contributed by atoms with E-state index in [1.54, 1.807) is 43.5 Å². The first-order valence-corrected chi connectivity index (χ1v) is 11.9. The summed E-state index contributed by atoms with van der Waals surface area (Å²) < 4.78 is 17.5. The van der Waals surface area contributed by atoms with Gasteiger partial charge in [-0.15, -0.1) is 0 Å². The fourth-order valence-electron chi connectivity index (χ4n) is 3.00. The first-order chi connectivity index (χ1) is 16.9. The smallest absolute Gasteiger partial charge is 0.271 e. The van der Waals surface area contributed by atoms with Gasteiger partial charge in [-0.25, -0.2) is 5.43 Å². The van der Waals surface area contributed by atoms with Crippen LogP contribution in [0.15, 0.2) is 65.8 Å². The van der Waals surface area contributed by atoms with Crippen molar-refractivity contribution in [2.75, 3.05) is 25.6 Å². The van der Waals surface area contributed by atoms with E-state index in [-0.39, 0.29) is 18.4 Å². The summed E-state index contributed by atoms with van der Waals surface area (Å²) in [5, 5.41) is 6.82. The number of halogens is 1. The number of carbonyl (C=O) groups is 2. The number of hydrogen-bond acceptors (Lipinski definition) is 6. The maximum absolute atomic E-state index is 12.4. The molecule has 0 saturated carbocycles. The van der Waals surface area contributed by atoms with Crippen molar-refractivity contribution in [3.8, 4) is 17.2 Å². The molecule has 0 unspecified atom stereocenters. The van der Waals surface area contributed by atoms with Crippen LogP contribution in [0.2, 0.25) is 0 Å². The summed E-state index contributed by atoms with van der Waals surface area (Å²) in [4.78, 5) is 24.6. The number of rotatable bonds is 10. The highest BCUT2D eigenvalue weighted by atomic mass is 127. The highest BCUT2D eigenvalue weighted by molar-refractivity contribution is 14.1. The minimum atomic E-state index is -0.361. The van der Waals surface area contributed by atoms with E-state index in [9.17, 15) is 9.59 Å². The lowest BCUT2D eigenvalue weighted by Gasteiger charge is -2.12. The number of carbonyl (C=O) groups excluding carboxylic acids is 2. The van der Waals surface area contributed by atoms with Crippen LogP contribution in [0, 0.1) is 10.5 Å². The molecule has 0 spiro atoms. The number of hydrogen-bond donors (Lipinski definition) is 2. The fraction of sp³-hybridized carbons (Fsp3) is 0.192. The fourth-order valence-corrected chi connectivity index (χ4v) is 3.56. The van der Waals surface area contributed by atoms with Crippen LogP contribution in [0.4, 0.5) is 5.69 Å². The summed E-state index contributed by atoms with van der Waals surface area (Å²) in [6, 6.07) is 17.8. The van der Waals surface area contributed by atoms with E-state index in [4.69, 9.17) is 14.2 Å². The first kappa shape index (κ1) is 26.0. The zero-order chi connectivity index (χ0) is 25.2. The monoisotopic (exact) mass is 587 g/mol. The number of aryl methyl sites for hydroxylation is 1. The van der Waals surface area contributed by atoms with Crippen LogP contribution in [0.1, 0.15) is 28.4 Å². The van der Waals surface area contributed by atoms with Gasteiger partial charge >= 0.3 is 0 Å². The standard InChI is InChI=1S/C26H26IN3O5/c1-4-34-24-13-18(15-28-30-26(32)19-8-11-21(27)23(14-19)33-3)7-12-22(24)35-16-25(31)29-20-9-5-17(2)6-10-20/h5-15H,4,16H2,1-3H3,(H,29,31)(H,30,32)/b28-15+. The second-order valence-electron chi connectivity index (χ2n) is 7.39. The average Bonchev–Trinajstić information content (AvgIpc) is 2.85. The van der Waals surface area contributed by atoms with Gasteiger partial charge in [-0.3, -0.25) is 9.59 Å². The Balaban J connectivity index is 1.60. The van der Waals surface area contributed by atoms with Gasteiger partial charge < -0.3 is 19.5 Å². The van der Waals surface area contributed by atoms with Crippen LogP contribution in [-0.4, -0.2) is 38.4 Å². The molecule has 35 heavy (non-hydrogen) atoms. The molecule has 2 amide bonds. The van der Waals surface area contributed by atoms with E-state index in [2.05, 4.69) is 38.4 Å². The van der Waals surface area contributed by atoms with Crippen LogP contribution < -0.4 is 25.0 Å². The normalized spacial score (nSPS) is 10.6. The van der Waals surface area contributed by atoms with Crippen molar-refractivity contribution in [2.24, 2.45) is 5.10 Å². The lowest BCUT2D eigenvalue weighted by molar-refractivity contribution is -0.118. The van der Waals surface area contributed by atoms with Gasteiger partial charge in [0.2, 0.25) is 0 Å². The van der Waals surface area contributed by atoms with E-state index in [1.165, 1.54) is 6.21 Å². The summed E-state index contributed by atoms with van der Waals surface area (Å²) in [7, 11) is 1.55. The molecule has 8 nitrogen and oxygen atoms in total. The Bertz CT molecular complexity index is 1210. The number of ether oxygens (including phenoxy) is 3. The highest BCUT2D eigenvalue weighted by Crippen LogP contribution is 2.28. The molecule has 0 aliphatic carbocycles. The second-order valence-corrected chi connectivity index (χ2v) is 8.55. The Labute approximate surface area is 217 Å². The number of benzene rings is 3. The molecule has 0 radical (unpaired) electrons. The summed E-state index contributed by atoms with van der Waals surface area (Å²) in [6.45, 7) is 4.08. The zero-order valence-corrected chi connectivity index (χ0v) is 21.8. The Morgan fingerprint density at radius 1 is 0.971 bits per heavy atom. The number of methoxy groups -OCH3 is 1. The van der Waals surface area contributed by atoms with Gasteiger partial charge in [-0.1, -0.05) is 17.7 Å². The number of amides is 2. The molecular formula is C26H26IN3O5. The van der Waals surface area contributed by atoms with E-state index < -0.39 is 0 Å². The summed E-state index contributed by atoms with van der Waals surface area (Å²) in [6.07, 6.45) is 1.50. The molecule has 0 aromatic heterocycles. The van der Waals surface area contributed by atoms with Gasteiger partial charge in [0.25, 0.3) is 11.8 Å². The molecule has 0 saturated heterocycles. The third-order valence-corrected chi connectivity index (χ3v) is 5.65. The molecule has 2 N–H and O–H groups in total. The number of nitrogens with zero attached hydrogens (tertiary/aromatic N) is 1. The predicted octanol–water partition coefficient (Wildman–Crippen LogP) is 4.79. The lowest BCUT2D eigenvalue weighted by Crippen LogP contribution is -2.20. The maximum Gasteiger partial charge on any atom is 0.271 e. The van der Waals surface area contributed by atoms with Crippen molar-refractivity contribution in [1.29, 1.82) is 0 Å². The molecule has 3 aromatic rings. The molecule has 3 aromatic carbocycles. The lowest BCUT2D eigenvalue weighted by atomic mass is 10.2. The van der Waals surface area contributed by atoms with E-state index in [1.807, 2.05) is 38.1 Å². The molecular weight excluding hydrogens is 561 g/mol. The van der Waals surface area contributed by atoms with Gasteiger partial charge in [0.15, 0.2) is 18.1 Å². The van der Waals surface area contributed by atoms with Gasteiger partial charge in [-0.2, -0.15) is 5.10 Å². The Hall–Kier alpha value is -3.60. The second kappa shape index (κ2) is 12.7. The average molecular weight is 587 g/mol. The summed E-state index contributed by atoms with van der Waals surface area (Å²) >= 11 is 2.13. The van der Waals surface area contributed by atoms with E-state index in [0.717, 1.165) is 9.13 Å². The molecule has 0 atom stereocenters. The Morgan fingerprint density at radius 2 is 1.74 bits per heavy atom. The summed E-state index contributed by atoms with van der Waals surface area (Å²) in [5.74, 6) is 0.871. The van der Waals surface area contributed by atoms with E-state index in [0.29, 0.717) is 40.7 Å². The van der Waals surface area contributed by atoms with Gasteiger partial charge in [0.05, 0.1) is 23.5 Å². The molecule has 0 heterocycles. The van der Waals surface area contributed by atoms with Crippen LogP contribution in [0.25, 0.3) is 0 Å². The topological polar surface area (TPSA) is 98.2 Å². The Kier molecular flexibility index (Phi) is 9.47. The van der Waals surface area contributed by atoms with Gasteiger partial charge in [-0.05, 0) is 90.5 Å². The summed E-state index contributed by atoms with van der Waals surface area (Å²) in [5.41, 5.74) is 5.43. The minimum absolute atomic E-state index is 0.170. The third kappa shape index (κ3) is 7.71. The quantitative estimate of drug-likeness (QED) is 0.202. The zero-order valence-electron chi connectivity index (χ0n) is 19.6. The molecule has 0 aliphatic heterocycles. The molecule has 3 rings (SSSR count). The number of nitrogens with one attached hydrogen (secondary N) is 2. The van der Waals surface area contributed by atoms with Crippen molar-refractivity contribution in [3.05, 3.63) is 80.9 Å². The Morgan fingerprint density at radius 3 is 2.46 bits per heavy atom. The van der Waals surface area contributed by atoms with Crippen molar-refractivity contribution in [2.45, 2.75) is 13.8 Å². The molecule has 0 bridgehead atoms. The maximum atomic E-state index is 12.4. The number of anilines is 1. The van der Waals surface area contributed by atoms with Crippen LogP contribution in [0.5, 0.6) is 17.2 Å². The third-order valence-electron chi connectivity index (χ3n) is 4.75. The van der Waals surface area contributed by atoms with Crippen LogP contribution in [-0.2, 0) is 4.79 Å². The minimum Gasteiger partial charge on any atom is -0.496 e. The largest absolute Gasteiger partial charge is 0.496 e. The molecule has 0 fully saturated rings. The molecule has 9 heteroatoms. The van der Waals surface area contributed by atoms with Crippen molar-refractivity contribution in [3.63, 3.8) is 0 Å². The highest BCUT2D eigenvalue weighted by Gasteiger charge is 2.11. The first-order valence-electron chi connectivity index (χ1n) is 10.8. The number of hydrazone groups is 1. The van der Waals surface area contributed by atoms with Crippen molar-refractivity contribution in [1.82, 2.24) is 5.43 Å². The molecule has 0 aliphatic rings. The predicted molar refractivity (Wildman–Crippen MR) is 144 cm³/mol. The van der Waals surface area contributed by atoms with Crippen LogP contribution >= 0.6 is 22.6 Å². The van der Waals surface area contributed by atoms with Crippen molar-refractivity contribution < 1.29 is 23.8 Å². The van der Waals surface area contributed by atoms with Gasteiger partial charge in [0, 0.05) is 11.3 Å². The van der Waals surface area contributed by atoms with Crippen LogP contribution in [0.3, 0.4) is 0 Å². The van der Waals surface area contributed by atoms with Gasteiger partial charge in [0.1, 0.15) is 5.75 Å².